The van der Waals surface area contributed by atoms with Crippen LogP contribution in [0, 0.1) is 0 Å². The number of carboxylic acids is 1. The fourth-order valence-electron chi connectivity index (χ4n) is 1.86. The van der Waals surface area contributed by atoms with Gasteiger partial charge >= 0.3 is 5.97 Å². The highest BCUT2D eigenvalue weighted by molar-refractivity contribution is 7.09. The molecular weight excluding hydrogens is 288 g/mol. The maximum Gasteiger partial charge on any atom is 0.355 e. The molecule has 0 unspecified atom stereocenters. The zero-order valence-electron chi connectivity index (χ0n) is 11.6. The molecule has 0 fully saturated rings. The van der Waals surface area contributed by atoms with Crippen LogP contribution in [0.15, 0.2) is 29.6 Å². The van der Waals surface area contributed by atoms with Gasteiger partial charge in [-0.3, -0.25) is 4.79 Å². The zero-order chi connectivity index (χ0) is 15.2. The molecule has 1 aromatic carbocycles. The molecule has 1 heterocycles. The first-order valence-electron chi connectivity index (χ1n) is 6.65. The first-order valence-corrected chi connectivity index (χ1v) is 7.53. The average molecular weight is 304 g/mol. The second-order valence-corrected chi connectivity index (χ2v) is 5.50. The maximum atomic E-state index is 12.0. The van der Waals surface area contributed by atoms with E-state index in [9.17, 15) is 9.59 Å². The number of hydrogen-bond donors (Lipinski definition) is 2. The summed E-state index contributed by atoms with van der Waals surface area (Å²) >= 11 is 1.22. The van der Waals surface area contributed by atoms with Gasteiger partial charge in [0.1, 0.15) is 5.01 Å². The summed E-state index contributed by atoms with van der Waals surface area (Å²) in [4.78, 5) is 26.6. The Kier molecular flexibility index (Phi) is 5.05. The lowest BCUT2D eigenvalue weighted by Crippen LogP contribution is -2.22. The summed E-state index contributed by atoms with van der Waals surface area (Å²) in [5, 5.41) is 13.5. The summed E-state index contributed by atoms with van der Waals surface area (Å²) in [7, 11) is 0. The van der Waals surface area contributed by atoms with Gasteiger partial charge in [0.25, 0.3) is 5.91 Å². The molecule has 2 aromatic rings. The number of aromatic nitrogens is 1. The molecule has 110 valence electrons. The maximum absolute atomic E-state index is 12.0. The summed E-state index contributed by atoms with van der Waals surface area (Å²) < 4.78 is 0. The van der Waals surface area contributed by atoms with Gasteiger partial charge in [0.15, 0.2) is 5.69 Å². The number of nitrogens with zero attached hydrogens (tertiary/aromatic N) is 1. The summed E-state index contributed by atoms with van der Waals surface area (Å²) in [6.07, 6.45) is 2.07. The van der Waals surface area contributed by atoms with Crippen LogP contribution in [-0.4, -0.2) is 22.0 Å². The summed E-state index contributed by atoms with van der Waals surface area (Å²) in [6, 6.07) is 7.49. The first-order chi connectivity index (χ1) is 10.1. The molecule has 0 spiro atoms. The van der Waals surface area contributed by atoms with E-state index in [1.165, 1.54) is 22.3 Å². The molecule has 0 saturated heterocycles. The van der Waals surface area contributed by atoms with Gasteiger partial charge in [0.2, 0.25) is 0 Å². The van der Waals surface area contributed by atoms with E-state index < -0.39 is 5.97 Å². The number of aryl methyl sites for hydroxylation is 1. The number of hydrogen-bond acceptors (Lipinski definition) is 4. The minimum atomic E-state index is -1.06. The molecule has 2 rings (SSSR count). The Hall–Kier alpha value is -2.21. The predicted octanol–water partition coefficient (Wildman–Crippen LogP) is 2.72. The van der Waals surface area contributed by atoms with Crippen LogP contribution in [-0.2, 0) is 13.0 Å². The standard InChI is InChI=1S/C15H16N2O3S/c1-2-3-10-4-6-11(7-5-10)14(18)16-8-13-17-12(9-21-13)15(19)20/h4-7,9H,2-3,8H2,1H3,(H,16,18)(H,19,20). The lowest BCUT2D eigenvalue weighted by Gasteiger charge is -2.04. The van der Waals surface area contributed by atoms with E-state index in [-0.39, 0.29) is 18.1 Å². The zero-order valence-corrected chi connectivity index (χ0v) is 12.4. The average Bonchev–Trinajstić information content (AvgIpc) is 2.95. The van der Waals surface area contributed by atoms with Gasteiger partial charge in [-0.1, -0.05) is 25.5 Å². The molecule has 6 heteroatoms. The van der Waals surface area contributed by atoms with Crippen molar-refractivity contribution < 1.29 is 14.7 Å². The fourth-order valence-corrected chi connectivity index (χ4v) is 2.57. The van der Waals surface area contributed by atoms with Gasteiger partial charge in [0.05, 0.1) is 6.54 Å². The Morgan fingerprint density at radius 1 is 1.29 bits per heavy atom. The normalized spacial score (nSPS) is 10.3. The molecule has 0 bridgehead atoms. The number of carbonyl (C=O) groups is 2. The smallest absolute Gasteiger partial charge is 0.355 e. The molecule has 0 aliphatic rings. The van der Waals surface area contributed by atoms with Gasteiger partial charge in [-0.2, -0.15) is 0 Å². The van der Waals surface area contributed by atoms with E-state index in [2.05, 4.69) is 17.2 Å². The molecule has 21 heavy (non-hydrogen) atoms. The number of carbonyl (C=O) groups excluding carboxylic acids is 1. The second kappa shape index (κ2) is 6.99. The third-order valence-electron chi connectivity index (χ3n) is 2.93. The van der Waals surface area contributed by atoms with E-state index >= 15 is 0 Å². The van der Waals surface area contributed by atoms with Crippen LogP contribution in [0.4, 0.5) is 0 Å². The molecule has 5 nitrogen and oxygen atoms in total. The highest BCUT2D eigenvalue weighted by Crippen LogP contribution is 2.10. The van der Waals surface area contributed by atoms with Gasteiger partial charge < -0.3 is 10.4 Å². The number of aromatic carboxylic acids is 1. The largest absolute Gasteiger partial charge is 0.476 e. The van der Waals surface area contributed by atoms with Gasteiger partial charge in [0, 0.05) is 10.9 Å². The van der Waals surface area contributed by atoms with E-state index in [0.29, 0.717) is 10.6 Å². The third kappa shape index (κ3) is 4.13. The van der Waals surface area contributed by atoms with E-state index in [4.69, 9.17) is 5.11 Å². The predicted molar refractivity (Wildman–Crippen MR) is 80.7 cm³/mol. The van der Waals surface area contributed by atoms with Crippen LogP contribution in [0.2, 0.25) is 0 Å². The minimum Gasteiger partial charge on any atom is -0.476 e. The van der Waals surface area contributed by atoms with Crippen molar-refractivity contribution in [3.8, 4) is 0 Å². The van der Waals surface area contributed by atoms with Crippen LogP contribution >= 0.6 is 11.3 Å². The van der Waals surface area contributed by atoms with Crippen LogP contribution in [0.25, 0.3) is 0 Å². The molecule has 0 saturated carbocycles. The van der Waals surface area contributed by atoms with Crippen molar-refractivity contribution in [2.45, 2.75) is 26.3 Å². The Bertz CT molecular complexity index is 635. The van der Waals surface area contributed by atoms with Crippen molar-refractivity contribution in [1.82, 2.24) is 10.3 Å². The first kappa shape index (κ1) is 15.2. The van der Waals surface area contributed by atoms with E-state index in [1.54, 1.807) is 12.1 Å². The number of thiazole rings is 1. The van der Waals surface area contributed by atoms with Crippen molar-refractivity contribution in [2.75, 3.05) is 0 Å². The topological polar surface area (TPSA) is 79.3 Å². The molecule has 0 aliphatic heterocycles. The van der Waals surface area contributed by atoms with Crippen LogP contribution in [0.3, 0.4) is 0 Å². The summed E-state index contributed by atoms with van der Waals surface area (Å²) in [5.41, 5.74) is 1.80. The number of rotatable bonds is 6. The van der Waals surface area contributed by atoms with Crippen molar-refractivity contribution in [3.63, 3.8) is 0 Å². The highest BCUT2D eigenvalue weighted by atomic mass is 32.1. The molecule has 2 N–H and O–H groups in total. The molecule has 1 amide bonds. The molecule has 1 aromatic heterocycles. The Morgan fingerprint density at radius 3 is 2.57 bits per heavy atom. The van der Waals surface area contributed by atoms with E-state index in [1.807, 2.05) is 12.1 Å². The van der Waals surface area contributed by atoms with Gasteiger partial charge in [-0.05, 0) is 24.1 Å². The minimum absolute atomic E-state index is 0.00756. The van der Waals surface area contributed by atoms with Crippen LogP contribution in [0.1, 0.15) is 44.8 Å². The van der Waals surface area contributed by atoms with Gasteiger partial charge in [-0.15, -0.1) is 11.3 Å². The Balaban J connectivity index is 1.92. The van der Waals surface area contributed by atoms with Gasteiger partial charge in [-0.25, -0.2) is 9.78 Å². The highest BCUT2D eigenvalue weighted by Gasteiger charge is 2.10. The van der Waals surface area contributed by atoms with Crippen molar-refractivity contribution >= 4 is 23.2 Å². The van der Waals surface area contributed by atoms with Crippen molar-refractivity contribution in [3.05, 3.63) is 51.5 Å². The number of carboxylic acid groups (broad SMARTS) is 1. The van der Waals surface area contributed by atoms with Crippen molar-refractivity contribution in [2.24, 2.45) is 0 Å². The molecule has 0 radical (unpaired) electrons. The van der Waals surface area contributed by atoms with Crippen molar-refractivity contribution in [1.29, 1.82) is 0 Å². The molecule has 0 aliphatic carbocycles. The van der Waals surface area contributed by atoms with Crippen LogP contribution in [0.5, 0.6) is 0 Å². The Labute approximate surface area is 126 Å². The lowest BCUT2D eigenvalue weighted by atomic mass is 10.1. The molecular formula is C15H16N2O3S. The quantitative estimate of drug-likeness (QED) is 0.860. The fraction of sp³-hybridized carbons (Fsp3) is 0.267. The lowest BCUT2D eigenvalue weighted by molar-refractivity contribution is 0.0691. The summed E-state index contributed by atoms with van der Waals surface area (Å²) in [5.74, 6) is -1.25. The Morgan fingerprint density at radius 2 is 2.00 bits per heavy atom. The number of benzene rings is 1. The monoisotopic (exact) mass is 304 g/mol. The third-order valence-corrected chi connectivity index (χ3v) is 3.77. The SMILES string of the molecule is CCCc1ccc(C(=O)NCc2nc(C(=O)O)cs2)cc1. The molecule has 0 atom stereocenters. The van der Waals surface area contributed by atoms with Crippen LogP contribution < -0.4 is 5.32 Å². The number of amides is 1. The van der Waals surface area contributed by atoms with E-state index in [0.717, 1.165) is 12.8 Å². The summed E-state index contributed by atoms with van der Waals surface area (Å²) in [6.45, 7) is 2.34. The number of nitrogens with one attached hydrogen (secondary N) is 1. The second-order valence-electron chi connectivity index (χ2n) is 4.56.